The van der Waals surface area contributed by atoms with Crippen LogP contribution in [0.3, 0.4) is 0 Å². The third kappa shape index (κ3) is 22.9. The van der Waals surface area contributed by atoms with Crippen LogP contribution < -0.4 is 0 Å². The van der Waals surface area contributed by atoms with E-state index in [9.17, 15) is 8.42 Å². The van der Waals surface area contributed by atoms with Gasteiger partial charge in [-0.2, -0.15) is 0 Å². The summed E-state index contributed by atoms with van der Waals surface area (Å²) < 4.78 is 19.8. The quantitative estimate of drug-likeness (QED) is 0.554. The van der Waals surface area contributed by atoms with Crippen LogP contribution in [0.5, 0.6) is 0 Å². The summed E-state index contributed by atoms with van der Waals surface area (Å²) in [5.74, 6) is -0.0953. The molecule has 0 amide bonds. The lowest BCUT2D eigenvalue weighted by Crippen LogP contribution is -1.96. The Labute approximate surface area is 79.8 Å². The van der Waals surface area contributed by atoms with E-state index >= 15 is 0 Å². The second kappa shape index (κ2) is 8.21. The molecule has 0 spiro atoms. The van der Waals surface area contributed by atoms with Gasteiger partial charge in [-0.3, -0.25) is 0 Å². The molecule has 0 heterocycles. The van der Waals surface area contributed by atoms with Gasteiger partial charge in [0.05, 0.1) is 11.1 Å². The van der Waals surface area contributed by atoms with Crippen molar-refractivity contribution in [3.63, 3.8) is 0 Å². The molecule has 0 rings (SSSR count). The Hall–Kier alpha value is 1.11. The molecule has 0 aromatic heterocycles. The Morgan fingerprint density at radius 2 is 1.40 bits per heavy atom. The predicted octanol–water partition coefficient (Wildman–Crippen LogP) is 2.22. The number of halogens is 4. The van der Waals surface area contributed by atoms with E-state index in [0.29, 0.717) is 0 Å². The number of hydrogen-bond donors (Lipinski definition) is 0. The van der Waals surface area contributed by atoms with Crippen molar-refractivity contribution in [1.82, 2.24) is 0 Å². The smallest absolute Gasteiger partial charge is 0.212 e. The zero-order chi connectivity index (χ0) is 8.62. The highest BCUT2D eigenvalue weighted by molar-refractivity contribution is 8.13. The average molecular weight is 248 g/mol. The first-order valence-corrected chi connectivity index (χ1v) is 6.16. The van der Waals surface area contributed by atoms with Gasteiger partial charge in [0.15, 0.2) is 0 Å². The van der Waals surface area contributed by atoms with Crippen LogP contribution in [0.25, 0.3) is 0 Å². The van der Waals surface area contributed by atoms with Crippen LogP contribution in [0.15, 0.2) is 0 Å². The van der Waals surface area contributed by atoms with Crippen molar-refractivity contribution in [3.05, 3.63) is 0 Å². The normalized spacial score (nSPS) is 10.0. The summed E-state index contributed by atoms with van der Waals surface area (Å²) in [5.41, 5.74) is 0. The second-order valence-electron chi connectivity index (χ2n) is 1.03. The molecule has 0 unspecified atom stereocenters. The highest BCUT2D eigenvalue weighted by Gasteiger charge is 2.00. The Kier molecular flexibility index (Phi) is 11.2. The molecule has 0 aromatic carbocycles. The zero-order valence-electron chi connectivity index (χ0n) is 4.86. The van der Waals surface area contributed by atoms with E-state index in [1.165, 1.54) is 0 Å². The topological polar surface area (TPSA) is 34.1 Å². The molecule has 0 fully saturated rings. The van der Waals surface area contributed by atoms with Crippen molar-refractivity contribution < 1.29 is 8.42 Å². The van der Waals surface area contributed by atoms with Gasteiger partial charge in [0.2, 0.25) is 9.05 Å². The summed E-state index contributed by atoms with van der Waals surface area (Å²) in [6.07, 6.45) is 0. The fraction of sp³-hybridized carbons (Fsp3) is 1.00. The SMILES string of the molecule is ClCCl.O=S(=O)(Cl)CCCl. The van der Waals surface area contributed by atoms with Gasteiger partial charge in [-0.25, -0.2) is 8.42 Å². The third-order valence-electron chi connectivity index (χ3n) is 0.321. The van der Waals surface area contributed by atoms with E-state index in [4.69, 9.17) is 45.5 Å². The minimum Gasteiger partial charge on any atom is -0.212 e. The molecular formula is C3H6Cl4O2S. The lowest BCUT2D eigenvalue weighted by Gasteiger charge is -1.82. The third-order valence-corrected chi connectivity index (χ3v) is 1.89. The van der Waals surface area contributed by atoms with Crippen molar-refractivity contribution in [2.24, 2.45) is 0 Å². The first-order chi connectivity index (χ1) is 4.47. The van der Waals surface area contributed by atoms with E-state index in [1.807, 2.05) is 0 Å². The highest BCUT2D eigenvalue weighted by atomic mass is 35.7. The Morgan fingerprint density at radius 1 is 1.10 bits per heavy atom. The van der Waals surface area contributed by atoms with Crippen molar-refractivity contribution >= 4 is 54.5 Å². The fourth-order valence-electron chi connectivity index (χ4n) is 0.0922. The van der Waals surface area contributed by atoms with Crippen molar-refractivity contribution in [3.8, 4) is 0 Å². The standard InChI is InChI=1S/C2H4Cl2O2S.CH2Cl2/c3-1-2-7(4,5)6;2-1-3/h1-2H2;1H2. The highest BCUT2D eigenvalue weighted by Crippen LogP contribution is 1.95. The van der Waals surface area contributed by atoms with Gasteiger partial charge >= 0.3 is 0 Å². The summed E-state index contributed by atoms with van der Waals surface area (Å²) >= 11 is 14.6. The van der Waals surface area contributed by atoms with Crippen molar-refractivity contribution in [2.75, 3.05) is 17.0 Å². The first kappa shape index (κ1) is 13.7. The van der Waals surface area contributed by atoms with Crippen LogP contribution in [0.1, 0.15) is 0 Å². The average Bonchev–Trinajstić information content (AvgIpc) is 1.63. The number of rotatable bonds is 2. The molecule has 0 bridgehead atoms. The van der Waals surface area contributed by atoms with Gasteiger partial charge < -0.3 is 0 Å². The minimum absolute atomic E-state index is 0.0613. The molecular weight excluding hydrogens is 242 g/mol. The van der Waals surface area contributed by atoms with E-state index < -0.39 is 9.05 Å². The van der Waals surface area contributed by atoms with Gasteiger partial charge in [0, 0.05) is 16.6 Å². The molecule has 0 aromatic rings. The molecule has 0 radical (unpaired) electrons. The molecule has 64 valence electrons. The maximum atomic E-state index is 9.91. The number of hydrogen-bond acceptors (Lipinski definition) is 2. The molecule has 0 aliphatic carbocycles. The first-order valence-electron chi connectivity index (χ1n) is 2.08. The molecule has 2 nitrogen and oxygen atoms in total. The lowest BCUT2D eigenvalue weighted by molar-refractivity contribution is 0.611. The number of alkyl halides is 3. The fourth-order valence-corrected chi connectivity index (χ4v) is 1.35. The molecule has 0 aliphatic rings. The van der Waals surface area contributed by atoms with E-state index in [-0.39, 0.29) is 17.0 Å². The largest absolute Gasteiger partial charge is 0.233 e. The summed E-state index contributed by atoms with van der Waals surface area (Å²) in [5, 5.41) is 0.194. The summed E-state index contributed by atoms with van der Waals surface area (Å²) in [6.45, 7) is 0. The maximum Gasteiger partial charge on any atom is 0.233 e. The summed E-state index contributed by atoms with van der Waals surface area (Å²) in [4.78, 5) is 0. The van der Waals surface area contributed by atoms with Crippen LogP contribution in [-0.2, 0) is 9.05 Å². The molecule has 10 heavy (non-hydrogen) atoms. The van der Waals surface area contributed by atoms with Gasteiger partial charge in [-0.15, -0.1) is 34.8 Å². The van der Waals surface area contributed by atoms with Crippen molar-refractivity contribution in [1.29, 1.82) is 0 Å². The van der Waals surface area contributed by atoms with Gasteiger partial charge in [-0.05, 0) is 0 Å². The van der Waals surface area contributed by atoms with Crippen LogP contribution in [-0.4, -0.2) is 25.4 Å². The van der Waals surface area contributed by atoms with E-state index in [0.717, 1.165) is 0 Å². The zero-order valence-corrected chi connectivity index (χ0v) is 8.70. The van der Waals surface area contributed by atoms with E-state index in [1.54, 1.807) is 0 Å². The summed E-state index contributed by atoms with van der Waals surface area (Å²) in [7, 11) is 1.39. The van der Waals surface area contributed by atoms with Crippen LogP contribution >= 0.6 is 45.5 Å². The Bertz CT molecular complexity index is 143. The summed E-state index contributed by atoms with van der Waals surface area (Å²) in [6, 6.07) is 0. The molecule has 0 atom stereocenters. The van der Waals surface area contributed by atoms with Crippen molar-refractivity contribution in [2.45, 2.75) is 0 Å². The molecule has 0 saturated carbocycles. The predicted molar refractivity (Wildman–Crippen MR) is 46.9 cm³/mol. The van der Waals surface area contributed by atoms with E-state index in [2.05, 4.69) is 0 Å². The van der Waals surface area contributed by atoms with Gasteiger partial charge in [0.1, 0.15) is 0 Å². The second-order valence-corrected chi connectivity index (χ2v) is 5.12. The monoisotopic (exact) mass is 246 g/mol. The lowest BCUT2D eigenvalue weighted by atomic mass is 11.0. The molecule has 0 saturated heterocycles. The van der Waals surface area contributed by atoms with Crippen LogP contribution in [0.4, 0.5) is 0 Å². The van der Waals surface area contributed by atoms with Gasteiger partial charge in [0.25, 0.3) is 0 Å². The van der Waals surface area contributed by atoms with Gasteiger partial charge in [-0.1, -0.05) is 0 Å². The molecule has 7 heteroatoms. The van der Waals surface area contributed by atoms with Crippen LogP contribution in [0, 0.1) is 0 Å². The molecule has 0 aliphatic heterocycles. The minimum atomic E-state index is -3.33. The maximum absolute atomic E-state index is 9.91. The van der Waals surface area contributed by atoms with Crippen LogP contribution in [0.2, 0.25) is 0 Å². The molecule has 0 N–H and O–H groups in total. The Morgan fingerprint density at radius 3 is 1.40 bits per heavy atom. The Balaban J connectivity index is 0.